The molecule has 0 atom stereocenters. The lowest BCUT2D eigenvalue weighted by atomic mass is 10.4. The summed E-state index contributed by atoms with van der Waals surface area (Å²) in [5.74, 6) is 0.157. The molecule has 0 N–H and O–H groups in total. The molecule has 0 unspecified atom stereocenters. The molecular formula is C9H18N3O. The minimum absolute atomic E-state index is 0.157. The van der Waals surface area contributed by atoms with E-state index >= 15 is 0 Å². The van der Waals surface area contributed by atoms with Crippen LogP contribution in [-0.2, 0) is 4.79 Å². The van der Waals surface area contributed by atoms with Gasteiger partial charge in [0.2, 0.25) is 5.91 Å². The second kappa shape index (κ2) is 5.19. The van der Waals surface area contributed by atoms with Crippen LogP contribution >= 0.6 is 0 Å². The third-order valence-electron chi connectivity index (χ3n) is 2.35. The molecule has 1 radical (unpaired) electrons. The van der Waals surface area contributed by atoms with Crippen molar-refractivity contribution in [3.63, 3.8) is 0 Å². The molecule has 75 valence electrons. The zero-order valence-corrected chi connectivity index (χ0v) is 8.49. The number of hydrogen-bond donors (Lipinski definition) is 0. The van der Waals surface area contributed by atoms with Crippen molar-refractivity contribution in [3.8, 4) is 0 Å². The van der Waals surface area contributed by atoms with E-state index < -0.39 is 0 Å². The van der Waals surface area contributed by atoms with E-state index in [1.54, 1.807) is 6.92 Å². The fourth-order valence-electron chi connectivity index (χ4n) is 1.45. The molecule has 1 aliphatic rings. The van der Waals surface area contributed by atoms with Crippen molar-refractivity contribution in [1.82, 2.24) is 15.1 Å². The average Bonchev–Trinajstić information content (AvgIpc) is 2.15. The Kier molecular flexibility index (Phi) is 4.18. The summed E-state index contributed by atoms with van der Waals surface area (Å²) in [5, 5.41) is 4.26. The SMILES string of the molecule is CCN(CN1CC[N]CC1)C(C)=O. The zero-order valence-electron chi connectivity index (χ0n) is 8.49. The monoisotopic (exact) mass is 184 g/mol. The predicted octanol–water partition coefficient (Wildman–Crippen LogP) is -0.268. The number of rotatable bonds is 3. The maximum absolute atomic E-state index is 11.1. The molecule has 1 saturated heterocycles. The fraction of sp³-hybridized carbons (Fsp3) is 0.889. The molecule has 1 rings (SSSR count). The molecule has 0 aromatic carbocycles. The second-order valence-corrected chi connectivity index (χ2v) is 3.31. The Morgan fingerprint density at radius 3 is 2.54 bits per heavy atom. The van der Waals surface area contributed by atoms with Crippen LogP contribution in [0.3, 0.4) is 0 Å². The molecule has 0 bridgehead atoms. The Bertz CT molecular complexity index is 166. The van der Waals surface area contributed by atoms with Gasteiger partial charge in [-0.05, 0) is 6.92 Å². The molecule has 0 aliphatic carbocycles. The van der Waals surface area contributed by atoms with E-state index in [0.717, 1.165) is 39.4 Å². The number of piperazine rings is 1. The summed E-state index contributed by atoms with van der Waals surface area (Å²) < 4.78 is 0. The van der Waals surface area contributed by atoms with E-state index in [1.165, 1.54) is 0 Å². The van der Waals surface area contributed by atoms with Crippen LogP contribution in [0.1, 0.15) is 13.8 Å². The van der Waals surface area contributed by atoms with Crippen molar-refractivity contribution >= 4 is 5.91 Å². The number of carbonyl (C=O) groups excluding carboxylic acids is 1. The Morgan fingerprint density at radius 1 is 1.46 bits per heavy atom. The Hall–Kier alpha value is -0.610. The molecule has 0 aromatic heterocycles. The normalized spacial score (nSPS) is 18.6. The van der Waals surface area contributed by atoms with Gasteiger partial charge in [-0.2, -0.15) is 0 Å². The first-order valence-corrected chi connectivity index (χ1v) is 4.85. The lowest BCUT2D eigenvalue weighted by Crippen LogP contribution is -2.47. The number of carbonyl (C=O) groups is 1. The Labute approximate surface area is 79.9 Å². The van der Waals surface area contributed by atoms with Crippen LogP contribution in [-0.4, -0.2) is 55.1 Å². The van der Waals surface area contributed by atoms with Crippen molar-refractivity contribution in [2.45, 2.75) is 13.8 Å². The van der Waals surface area contributed by atoms with Crippen molar-refractivity contribution in [2.24, 2.45) is 0 Å². The van der Waals surface area contributed by atoms with E-state index in [2.05, 4.69) is 10.2 Å². The van der Waals surface area contributed by atoms with Gasteiger partial charge >= 0.3 is 0 Å². The summed E-state index contributed by atoms with van der Waals surface area (Å²) in [6.07, 6.45) is 0. The maximum Gasteiger partial charge on any atom is 0.220 e. The van der Waals surface area contributed by atoms with Gasteiger partial charge in [0.25, 0.3) is 0 Å². The zero-order chi connectivity index (χ0) is 9.68. The van der Waals surface area contributed by atoms with E-state index in [-0.39, 0.29) is 5.91 Å². The van der Waals surface area contributed by atoms with Gasteiger partial charge in [0.1, 0.15) is 0 Å². The smallest absolute Gasteiger partial charge is 0.220 e. The van der Waals surface area contributed by atoms with Gasteiger partial charge in [-0.3, -0.25) is 9.69 Å². The number of amides is 1. The topological polar surface area (TPSA) is 37.7 Å². The minimum Gasteiger partial charge on any atom is -0.330 e. The average molecular weight is 184 g/mol. The summed E-state index contributed by atoms with van der Waals surface area (Å²) in [6.45, 7) is 9.00. The van der Waals surface area contributed by atoms with Gasteiger partial charge in [0, 0.05) is 39.6 Å². The van der Waals surface area contributed by atoms with Crippen LogP contribution in [0.25, 0.3) is 0 Å². The van der Waals surface area contributed by atoms with Gasteiger partial charge in [0.05, 0.1) is 6.67 Å². The van der Waals surface area contributed by atoms with E-state index in [1.807, 2.05) is 11.8 Å². The highest BCUT2D eigenvalue weighted by molar-refractivity contribution is 5.73. The van der Waals surface area contributed by atoms with E-state index in [0.29, 0.717) is 0 Å². The third kappa shape index (κ3) is 3.32. The third-order valence-corrected chi connectivity index (χ3v) is 2.35. The van der Waals surface area contributed by atoms with Gasteiger partial charge in [-0.25, -0.2) is 5.32 Å². The summed E-state index contributed by atoms with van der Waals surface area (Å²) >= 11 is 0. The van der Waals surface area contributed by atoms with Crippen molar-refractivity contribution < 1.29 is 4.79 Å². The fourth-order valence-corrected chi connectivity index (χ4v) is 1.45. The van der Waals surface area contributed by atoms with Gasteiger partial charge in [-0.15, -0.1) is 0 Å². The lowest BCUT2D eigenvalue weighted by Gasteiger charge is -2.31. The van der Waals surface area contributed by atoms with Crippen LogP contribution in [0.5, 0.6) is 0 Å². The lowest BCUT2D eigenvalue weighted by molar-refractivity contribution is -0.130. The highest BCUT2D eigenvalue weighted by Crippen LogP contribution is 1.97. The van der Waals surface area contributed by atoms with Gasteiger partial charge in [0.15, 0.2) is 0 Å². The molecule has 0 aromatic rings. The number of hydrogen-bond acceptors (Lipinski definition) is 2. The van der Waals surface area contributed by atoms with Crippen molar-refractivity contribution in [2.75, 3.05) is 39.4 Å². The molecule has 1 amide bonds. The molecule has 0 saturated carbocycles. The molecule has 4 heteroatoms. The van der Waals surface area contributed by atoms with Gasteiger partial charge in [-0.1, -0.05) is 0 Å². The van der Waals surface area contributed by atoms with E-state index in [9.17, 15) is 4.79 Å². The summed E-state index contributed by atoms with van der Waals surface area (Å²) in [7, 11) is 0. The first kappa shape index (κ1) is 10.5. The summed E-state index contributed by atoms with van der Waals surface area (Å²) in [5.41, 5.74) is 0. The molecule has 1 fully saturated rings. The van der Waals surface area contributed by atoms with Gasteiger partial charge < -0.3 is 4.90 Å². The van der Waals surface area contributed by atoms with Crippen molar-refractivity contribution in [1.29, 1.82) is 0 Å². The highest BCUT2D eigenvalue weighted by atomic mass is 16.2. The molecule has 0 spiro atoms. The summed E-state index contributed by atoms with van der Waals surface area (Å²) in [4.78, 5) is 15.3. The largest absolute Gasteiger partial charge is 0.330 e. The highest BCUT2D eigenvalue weighted by Gasteiger charge is 2.14. The molecule has 1 aliphatic heterocycles. The predicted molar refractivity (Wildman–Crippen MR) is 51.4 cm³/mol. The maximum atomic E-state index is 11.1. The molecule has 4 nitrogen and oxygen atoms in total. The van der Waals surface area contributed by atoms with Crippen LogP contribution in [0.2, 0.25) is 0 Å². The van der Waals surface area contributed by atoms with Crippen molar-refractivity contribution in [3.05, 3.63) is 0 Å². The number of nitrogens with zero attached hydrogens (tertiary/aromatic N) is 3. The Balaban J connectivity index is 2.31. The first-order chi connectivity index (χ1) is 6.24. The quantitative estimate of drug-likeness (QED) is 0.605. The Morgan fingerprint density at radius 2 is 2.08 bits per heavy atom. The summed E-state index contributed by atoms with van der Waals surface area (Å²) in [6, 6.07) is 0. The second-order valence-electron chi connectivity index (χ2n) is 3.31. The first-order valence-electron chi connectivity index (χ1n) is 4.85. The van der Waals surface area contributed by atoms with Crippen LogP contribution in [0.15, 0.2) is 0 Å². The molecule has 1 heterocycles. The molecular weight excluding hydrogens is 166 g/mol. The van der Waals surface area contributed by atoms with E-state index in [4.69, 9.17) is 0 Å². The van der Waals surface area contributed by atoms with Crippen LogP contribution in [0.4, 0.5) is 0 Å². The van der Waals surface area contributed by atoms with Crippen LogP contribution < -0.4 is 5.32 Å². The molecule has 13 heavy (non-hydrogen) atoms. The standard InChI is InChI=1S/C9H18N3O/c1-3-12(9(2)13)8-11-6-4-10-5-7-11/h3-8H2,1-2H3. The van der Waals surface area contributed by atoms with Crippen LogP contribution in [0, 0.1) is 0 Å². The minimum atomic E-state index is 0.157.